The predicted octanol–water partition coefficient (Wildman–Crippen LogP) is 4.57. The van der Waals surface area contributed by atoms with Crippen molar-refractivity contribution in [1.82, 2.24) is 14.8 Å². The first-order valence-corrected chi connectivity index (χ1v) is 10.6. The summed E-state index contributed by atoms with van der Waals surface area (Å²) in [5, 5.41) is 12.3. The SMILES string of the molecule is CC(=O)Nc1nc(C(=O)Nc2cc(-c3ccccc3C)nn2Cc2ccccc2)cs1. The van der Waals surface area contributed by atoms with Crippen molar-refractivity contribution in [3.8, 4) is 11.3 Å². The van der Waals surface area contributed by atoms with Crippen LogP contribution >= 0.6 is 11.3 Å². The Bertz CT molecular complexity index is 1230. The molecule has 0 atom stereocenters. The van der Waals surface area contributed by atoms with Crippen LogP contribution in [0.1, 0.15) is 28.5 Å². The summed E-state index contributed by atoms with van der Waals surface area (Å²) in [6.45, 7) is 3.94. The molecule has 0 bridgehead atoms. The van der Waals surface area contributed by atoms with Gasteiger partial charge in [-0.05, 0) is 18.1 Å². The normalized spacial score (nSPS) is 10.6. The molecule has 0 aliphatic rings. The minimum absolute atomic E-state index is 0.231. The van der Waals surface area contributed by atoms with Crippen molar-refractivity contribution >= 4 is 34.1 Å². The highest BCUT2D eigenvalue weighted by Crippen LogP contribution is 2.26. The lowest BCUT2D eigenvalue weighted by molar-refractivity contribution is -0.114. The minimum atomic E-state index is -0.363. The van der Waals surface area contributed by atoms with E-state index in [1.165, 1.54) is 18.3 Å². The van der Waals surface area contributed by atoms with E-state index < -0.39 is 0 Å². The second kappa shape index (κ2) is 8.93. The van der Waals surface area contributed by atoms with Gasteiger partial charge in [-0.15, -0.1) is 11.3 Å². The standard InChI is InChI=1S/C23H21N5O2S/c1-15-8-6-7-11-18(15)19-12-21(28(27-19)13-17-9-4-3-5-10-17)26-22(30)20-14-31-23(25-20)24-16(2)29/h3-12,14H,13H2,1-2H3,(H,26,30)(H,24,25,29). The molecule has 0 aliphatic carbocycles. The van der Waals surface area contributed by atoms with Crippen molar-refractivity contribution < 1.29 is 9.59 Å². The van der Waals surface area contributed by atoms with E-state index in [0.29, 0.717) is 17.5 Å². The molecule has 0 aliphatic heterocycles. The van der Waals surface area contributed by atoms with Crippen LogP contribution < -0.4 is 10.6 Å². The van der Waals surface area contributed by atoms with Gasteiger partial charge in [0.1, 0.15) is 11.5 Å². The zero-order valence-corrected chi connectivity index (χ0v) is 17.9. The Labute approximate surface area is 183 Å². The van der Waals surface area contributed by atoms with Crippen LogP contribution in [0, 0.1) is 6.92 Å². The van der Waals surface area contributed by atoms with E-state index in [0.717, 1.165) is 22.4 Å². The van der Waals surface area contributed by atoms with E-state index >= 15 is 0 Å². The Morgan fingerprint density at radius 3 is 2.52 bits per heavy atom. The van der Waals surface area contributed by atoms with E-state index in [-0.39, 0.29) is 17.5 Å². The minimum Gasteiger partial charge on any atom is -0.305 e. The predicted molar refractivity (Wildman–Crippen MR) is 122 cm³/mol. The number of amides is 2. The molecular weight excluding hydrogens is 410 g/mol. The fourth-order valence-electron chi connectivity index (χ4n) is 3.15. The van der Waals surface area contributed by atoms with Crippen molar-refractivity contribution in [2.24, 2.45) is 0 Å². The number of carbonyl (C=O) groups excluding carboxylic acids is 2. The quantitative estimate of drug-likeness (QED) is 0.468. The van der Waals surface area contributed by atoms with Gasteiger partial charge in [0.05, 0.1) is 12.2 Å². The summed E-state index contributed by atoms with van der Waals surface area (Å²) in [5.41, 5.74) is 4.19. The Hall–Kier alpha value is -3.78. The maximum Gasteiger partial charge on any atom is 0.276 e. The molecule has 4 rings (SSSR count). The lowest BCUT2D eigenvalue weighted by atomic mass is 10.1. The first-order chi connectivity index (χ1) is 15.0. The lowest BCUT2D eigenvalue weighted by Gasteiger charge is -2.08. The Morgan fingerprint density at radius 2 is 1.77 bits per heavy atom. The number of hydrogen-bond donors (Lipinski definition) is 2. The number of thiazole rings is 1. The van der Waals surface area contributed by atoms with Gasteiger partial charge >= 0.3 is 0 Å². The maximum absolute atomic E-state index is 12.8. The second-order valence-corrected chi connectivity index (χ2v) is 7.90. The van der Waals surface area contributed by atoms with Crippen LogP contribution in [0.4, 0.5) is 10.9 Å². The molecule has 31 heavy (non-hydrogen) atoms. The van der Waals surface area contributed by atoms with Gasteiger partial charge in [0.15, 0.2) is 5.13 Å². The van der Waals surface area contributed by atoms with Crippen molar-refractivity contribution in [2.75, 3.05) is 10.6 Å². The van der Waals surface area contributed by atoms with Crippen LogP contribution in [0.5, 0.6) is 0 Å². The highest BCUT2D eigenvalue weighted by Gasteiger charge is 2.17. The van der Waals surface area contributed by atoms with E-state index in [4.69, 9.17) is 5.10 Å². The van der Waals surface area contributed by atoms with Gasteiger partial charge in [-0.25, -0.2) is 9.67 Å². The molecule has 0 unspecified atom stereocenters. The summed E-state index contributed by atoms with van der Waals surface area (Å²) < 4.78 is 1.77. The molecule has 2 amide bonds. The van der Waals surface area contributed by atoms with Crippen LogP contribution in [0.15, 0.2) is 66.0 Å². The van der Waals surface area contributed by atoms with Gasteiger partial charge < -0.3 is 10.6 Å². The van der Waals surface area contributed by atoms with Crippen LogP contribution in [-0.2, 0) is 11.3 Å². The maximum atomic E-state index is 12.8. The third kappa shape index (κ3) is 4.87. The molecule has 2 aromatic carbocycles. The monoisotopic (exact) mass is 431 g/mol. The van der Waals surface area contributed by atoms with E-state index in [9.17, 15) is 9.59 Å². The Morgan fingerprint density at radius 1 is 1.03 bits per heavy atom. The lowest BCUT2D eigenvalue weighted by Crippen LogP contribution is -2.16. The molecule has 0 fully saturated rings. The number of hydrogen-bond acceptors (Lipinski definition) is 5. The van der Waals surface area contributed by atoms with Crippen molar-refractivity contribution in [2.45, 2.75) is 20.4 Å². The molecule has 7 nitrogen and oxygen atoms in total. The number of nitrogens with one attached hydrogen (secondary N) is 2. The van der Waals surface area contributed by atoms with Crippen molar-refractivity contribution in [3.05, 3.63) is 82.9 Å². The summed E-state index contributed by atoms with van der Waals surface area (Å²) >= 11 is 1.20. The third-order valence-electron chi connectivity index (χ3n) is 4.64. The number of benzene rings is 2. The molecule has 8 heteroatoms. The molecule has 0 saturated carbocycles. The molecule has 2 heterocycles. The summed E-state index contributed by atoms with van der Waals surface area (Å²) in [6.07, 6.45) is 0. The fourth-order valence-corrected chi connectivity index (χ4v) is 3.89. The average molecular weight is 432 g/mol. The number of aryl methyl sites for hydroxylation is 1. The Kier molecular flexibility index (Phi) is 5.90. The van der Waals surface area contributed by atoms with Gasteiger partial charge in [-0.1, -0.05) is 54.6 Å². The number of anilines is 2. The largest absolute Gasteiger partial charge is 0.305 e. The van der Waals surface area contributed by atoms with Crippen LogP contribution in [-0.4, -0.2) is 26.6 Å². The van der Waals surface area contributed by atoms with Crippen molar-refractivity contribution in [1.29, 1.82) is 0 Å². The third-order valence-corrected chi connectivity index (χ3v) is 5.40. The van der Waals surface area contributed by atoms with Gasteiger partial charge in [0.25, 0.3) is 5.91 Å². The van der Waals surface area contributed by atoms with E-state index in [1.54, 1.807) is 10.1 Å². The molecule has 2 N–H and O–H groups in total. The van der Waals surface area contributed by atoms with Gasteiger partial charge in [-0.3, -0.25) is 9.59 Å². The Balaban J connectivity index is 1.64. The van der Waals surface area contributed by atoms with Gasteiger partial charge in [-0.2, -0.15) is 5.10 Å². The van der Waals surface area contributed by atoms with Gasteiger partial charge in [0, 0.05) is 23.9 Å². The summed E-state index contributed by atoms with van der Waals surface area (Å²) in [5.74, 6) is -0.0234. The van der Waals surface area contributed by atoms with E-state index in [2.05, 4.69) is 15.6 Å². The molecule has 0 radical (unpaired) electrons. The topological polar surface area (TPSA) is 88.9 Å². The smallest absolute Gasteiger partial charge is 0.276 e. The number of rotatable bonds is 6. The van der Waals surface area contributed by atoms with Crippen molar-refractivity contribution in [3.63, 3.8) is 0 Å². The van der Waals surface area contributed by atoms with Gasteiger partial charge in [0.2, 0.25) is 5.91 Å². The first-order valence-electron chi connectivity index (χ1n) is 9.72. The first kappa shape index (κ1) is 20.5. The molecular formula is C23H21N5O2S. The average Bonchev–Trinajstić information content (AvgIpc) is 3.36. The van der Waals surface area contributed by atoms with Crippen LogP contribution in [0.25, 0.3) is 11.3 Å². The second-order valence-electron chi connectivity index (χ2n) is 7.05. The molecule has 0 saturated heterocycles. The zero-order chi connectivity index (χ0) is 21.8. The summed E-state index contributed by atoms with van der Waals surface area (Å²) in [4.78, 5) is 28.2. The van der Waals surface area contributed by atoms with Crippen LogP contribution in [0.2, 0.25) is 0 Å². The molecule has 4 aromatic rings. The number of nitrogens with zero attached hydrogens (tertiary/aromatic N) is 3. The zero-order valence-electron chi connectivity index (χ0n) is 17.1. The molecule has 2 aromatic heterocycles. The highest BCUT2D eigenvalue weighted by atomic mass is 32.1. The molecule has 156 valence electrons. The van der Waals surface area contributed by atoms with E-state index in [1.807, 2.05) is 67.6 Å². The summed E-state index contributed by atoms with van der Waals surface area (Å²) in [6, 6.07) is 19.8. The highest BCUT2D eigenvalue weighted by molar-refractivity contribution is 7.14. The summed E-state index contributed by atoms with van der Waals surface area (Å²) in [7, 11) is 0. The fraction of sp³-hybridized carbons (Fsp3) is 0.130. The molecule has 0 spiro atoms. The van der Waals surface area contributed by atoms with Crippen LogP contribution in [0.3, 0.4) is 0 Å². The number of carbonyl (C=O) groups is 2. The number of aromatic nitrogens is 3.